The van der Waals surface area contributed by atoms with E-state index in [-0.39, 0.29) is 11.5 Å². The first kappa shape index (κ1) is 20.5. The largest absolute Gasteiger partial charge is 0.375 e. The van der Waals surface area contributed by atoms with Gasteiger partial charge in [-0.1, -0.05) is 6.07 Å². The molecule has 7 nitrogen and oxygen atoms in total. The Morgan fingerprint density at radius 3 is 2.83 bits per heavy atom. The molecule has 1 atom stereocenters. The molecule has 1 unspecified atom stereocenters. The maximum Gasteiger partial charge on any atom is 0.252 e. The Hall–Kier alpha value is -1.81. The van der Waals surface area contributed by atoms with Gasteiger partial charge >= 0.3 is 0 Å². The highest BCUT2D eigenvalue weighted by molar-refractivity contribution is 7.91. The zero-order valence-electron chi connectivity index (χ0n) is 16.1. The zero-order valence-corrected chi connectivity index (χ0v) is 17.8. The molecule has 0 aromatic carbocycles. The fourth-order valence-electron chi connectivity index (χ4n) is 4.16. The second kappa shape index (κ2) is 8.51. The Bertz CT molecular complexity index is 924. The minimum Gasteiger partial charge on any atom is -0.375 e. The highest BCUT2D eigenvalue weighted by Crippen LogP contribution is 2.39. The standard InChI is InChI=1S/C20H25N3O4S2/c24-19(17-3-1-8-21-15-17)22-14-16-5-11-27-20(13-16)6-9-23(10-7-20)29(25,26)18-4-2-12-28-18/h1-4,8,12,15-16H,5-7,9-11,13-14H2,(H,22,24). The van der Waals surface area contributed by atoms with Crippen LogP contribution in [0.5, 0.6) is 0 Å². The van der Waals surface area contributed by atoms with E-state index in [1.165, 1.54) is 11.3 Å². The number of nitrogens with zero attached hydrogens (tertiary/aromatic N) is 2. The van der Waals surface area contributed by atoms with Gasteiger partial charge in [-0.3, -0.25) is 9.78 Å². The molecule has 2 fully saturated rings. The normalized spacial score (nSPS) is 22.4. The Kier molecular flexibility index (Phi) is 6.00. The van der Waals surface area contributed by atoms with E-state index in [9.17, 15) is 13.2 Å². The summed E-state index contributed by atoms with van der Waals surface area (Å²) in [6.07, 6.45) is 6.31. The number of amides is 1. The first-order valence-electron chi connectivity index (χ1n) is 9.84. The fraction of sp³-hybridized carbons (Fsp3) is 0.500. The fourth-order valence-corrected chi connectivity index (χ4v) is 6.75. The number of rotatable bonds is 5. The van der Waals surface area contributed by atoms with Gasteiger partial charge in [0.05, 0.1) is 11.2 Å². The van der Waals surface area contributed by atoms with Crippen molar-refractivity contribution in [1.82, 2.24) is 14.6 Å². The third kappa shape index (κ3) is 4.53. The molecule has 2 aromatic rings. The van der Waals surface area contributed by atoms with Gasteiger partial charge < -0.3 is 10.1 Å². The van der Waals surface area contributed by atoms with Crippen molar-refractivity contribution in [1.29, 1.82) is 0 Å². The zero-order chi connectivity index (χ0) is 20.3. The SMILES string of the molecule is O=C(NCC1CCOC2(CCN(S(=O)(=O)c3cccs3)CC2)C1)c1cccnc1. The van der Waals surface area contributed by atoms with Crippen LogP contribution in [-0.2, 0) is 14.8 Å². The van der Waals surface area contributed by atoms with E-state index in [1.54, 1.807) is 46.3 Å². The number of ether oxygens (including phenoxy) is 1. The van der Waals surface area contributed by atoms with Crippen molar-refractivity contribution in [3.05, 3.63) is 47.6 Å². The number of carbonyl (C=O) groups is 1. The van der Waals surface area contributed by atoms with Crippen LogP contribution in [0.1, 0.15) is 36.0 Å². The van der Waals surface area contributed by atoms with Crippen LogP contribution in [0.15, 0.2) is 46.2 Å². The number of carbonyl (C=O) groups excluding carboxylic acids is 1. The summed E-state index contributed by atoms with van der Waals surface area (Å²) < 4.78 is 33.6. The van der Waals surface area contributed by atoms with Gasteiger partial charge in [0.25, 0.3) is 15.9 Å². The van der Waals surface area contributed by atoms with Crippen molar-refractivity contribution in [3.63, 3.8) is 0 Å². The molecule has 2 aromatic heterocycles. The average molecular weight is 436 g/mol. The van der Waals surface area contributed by atoms with Crippen LogP contribution in [-0.4, -0.2) is 55.5 Å². The van der Waals surface area contributed by atoms with E-state index >= 15 is 0 Å². The van der Waals surface area contributed by atoms with Crippen molar-refractivity contribution in [2.24, 2.45) is 5.92 Å². The van der Waals surface area contributed by atoms with Crippen molar-refractivity contribution < 1.29 is 17.9 Å². The maximum absolute atomic E-state index is 12.7. The minimum atomic E-state index is -3.41. The lowest BCUT2D eigenvalue weighted by atomic mass is 9.80. The molecular weight excluding hydrogens is 410 g/mol. The van der Waals surface area contributed by atoms with Crippen LogP contribution in [0.25, 0.3) is 0 Å². The second-order valence-electron chi connectivity index (χ2n) is 7.68. The lowest BCUT2D eigenvalue weighted by Gasteiger charge is -2.45. The summed E-state index contributed by atoms with van der Waals surface area (Å²) in [6, 6.07) is 6.91. The minimum absolute atomic E-state index is 0.115. The molecule has 4 heterocycles. The lowest BCUT2D eigenvalue weighted by Crippen LogP contribution is -2.51. The Morgan fingerprint density at radius 1 is 1.31 bits per heavy atom. The first-order chi connectivity index (χ1) is 14.0. The van der Waals surface area contributed by atoms with Gasteiger partial charge in [0.15, 0.2) is 0 Å². The molecule has 0 radical (unpaired) electrons. The number of nitrogens with one attached hydrogen (secondary N) is 1. The lowest BCUT2D eigenvalue weighted by molar-refractivity contribution is -0.119. The molecule has 0 aliphatic carbocycles. The summed E-state index contributed by atoms with van der Waals surface area (Å²) in [5, 5.41) is 4.79. The predicted molar refractivity (Wildman–Crippen MR) is 110 cm³/mol. The van der Waals surface area contributed by atoms with Crippen molar-refractivity contribution in [2.75, 3.05) is 26.2 Å². The summed E-state index contributed by atoms with van der Waals surface area (Å²) in [4.78, 5) is 16.2. The summed E-state index contributed by atoms with van der Waals surface area (Å²) in [5.41, 5.74) is 0.269. The molecule has 1 spiro atoms. The van der Waals surface area contributed by atoms with Crippen LogP contribution < -0.4 is 5.32 Å². The van der Waals surface area contributed by atoms with E-state index in [0.717, 1.165) is 12.8 Å². The highest BCUT2D eigenvalue weighted by atomic mass is 32.2. The van der Waals surface area contributed by atoms with Crippen molar-refractivity contribution >= 4 is 27.3 Å². The summed E-state index contributed by atoms with van der Waals surface area (Å²) in [5.74, 6) is 0.209. The van der Waals surface area contributed by atoms with Crippen molar-refractivity contribution in [3.8, 4) is 0 Å². The topological polar surface area (TPSA) is 88.6 Å². The van der Waals surface area contributed by atoms with Crippen LogP contribution in [0, 0.1) is 5.92 Å². The van der Waals surface area contributed by atoms with E-state index in [1.807, 2.05) is 0 Å². The third-order valence-corrected chi connectivity index (χ3v) is 9.06. The number of hydrogen-bond acceptors (Lipinski definition) is 6. The van der Waals surface area contributed by atoms with Gasteiger partial charge in [-0.25, -0.2) is 8.42 Å². The van der Waals surface area contributed by atoms with Gasteiger partial charge in [-0.15, -0.1) is 11.3 Å². The second-order valence-corrected chi connectivity index (χ2v) is 10.8. The number of sulfonamides is 1. The number of pyridine rings is 1. The molecule has 1 amide bonds. The predicted octanol–water partition coefficient (Wildman–Crippen LogP) is 2.52. The van der Waals surface area contributed by atoms with E-state index in [4.69, 9.17) is 4.74 Å². The Balaban J connectivity index is 1.32. The Labute approximate surface area is 175 Å². The van der Waals surface area contributed by atoms with E-state index in [0.29, 0.717) is 54.8 Å². The first-order valence-corrected chi connectivity index (χ1v) is 12.2. The van der Waals surface area contributed by atoms with Crippen LogP contribution >= 0.6 is 11.3 Å². The summed E-state index contributed by atoms with van der Waals surface area (Å²) in [7, 11) is -3.41. The molecular formula is C20H25N3O4S2. The average Bonchev–Trinajstić information content (AvgIpc) is 3.29. The van der Waals surface area contributed by atoms with E-state index < -0.39 is 10.0 Å². The maximum atomic E-state index is 12.7. The molecule has 0 saturated carbocycles. The molecule has 9 heteroatoms. The molecule has 2 aliphatic heterocycles. The quantitative estimate of drug-likeness (QED) is 0.780. The van der Waals surface area contributed by atoms with Gasteiger partial charge in [-0.05, 0) is 55.2 Å². The molecule has 156 valence electrons. The summed E-state index contributed by atoms with van der Waals surface area (Å²) in [6.45, 7) is 2.17. The van der Waals surface area contributed by atoms with Gasteiger partial charge in [0.2, 0.25) is 0 Å². The summed E-state index contributed by atoms with van der Waals surface area (Å²) >= 11 is 1.25. The molecule has 1 N–H and O–H groups in total. The van der Waals surface area contributed by atoms with Crippen molar-refractivity contribution in [2.45, 2.75) is 35.5 Å². The van der Waals surface area contributed by atoms with Gasteiger partial charge in [0.1, 0.15) is 4.21 Å². The van der Waals surface area contributed by atoms with Gasteiger partial charge in [0, 0.05) is 38.6 Å². The van der Waals surface area contributed by atoms with Crippen LogP contribution in [0.3, 0.4) is 0 Å². The molecule has 29 heavy (non-hydrogen) atoms. The molecule has 0 bridgehead atoms. The number of aromatic nitrogens is 1. The third-order valence-electron chi connectivity index (χ3n) is 5.79. The molecule has 2 saturated heterocycles. The monoisotopic (exact) mass is 435 g/mol. The number of thiophene rings is 1. The Morgan fingerprint density at radius 2 is 2.14 bits per heavy atom. The number of hydrogen-bond donors (Lipinski definition) is 1. The van der Waals surface area contributed by atoms with Crippen LogP contribution in [0.4, 0.5) is 0 Å². The van der Waals surface area contributed by atoms with E-state index in [2.05, 4.69) is 10.3 Å². The van der Waals surface area contributed by atoms with Gasteiger partial charge in [-0.2, -0.15) is 4.31 Å². The molecule has 2 aliphatic rings. The number of piperidine rings is 1. The highest BCUT2D eigenvalue weighted by Gasteiger charge is 2.42. The smallest absolute Gasteiger partial charge is 0.252 e. The van der Waals surface area contributed by atoms with Crippen LogP contribution in [0.2, 0.25) is 0 Å². The molecule has 4 rings (SSSR count).